The van der Waals surface area contributed by atoms with Gasteiger partial charge in [0.15, 0.2) is 0 Å². The van der Waals surface area contributed by atoms with Crippen molar-refractivity contribution in [2.45, 2.75) is 0 Å². The molecule has 0 aliphatic carbocycles. The van der Waals surface area contributed by atoms with Gasteiger partial charge in [0.25, 0.3) is 0 Å². The SMILES string of the molecule is O=C(O)/C=C\C(=O)Nc1ccc(-c2cncs2)c(NC(=O)/C=C/C(=O)O)c1. The topological polar surface area (TPSA) is 146 Å². The van der Waals surface area contributed by atoms with E-state index in [2.05, 4.69) is 15.6 Å². The maximum Gasteiger partial charge on any atom is 0.328 e. The first-order valence-electron chi connectivity index (χ1n) is 7.32. The number of carboxylic acids is 2. The number of benzene rings is 1. The number of aromatic nitrogens is 1. The van der Waals surface area contributed by atoms with Crippen LogP contribution in [0.5, 0.6) is 0 Å². The van der Waals surface area contributed by atoms with E-state index in [1.165, 1.54) is 17.4 Å². The molecule has 0 atom stereocenters. The number of carboxylic acid groups (broad SMARTS) is 2. The quantitative estimate of drug-likeness (QED) is 0.531. The van der Waals surface area contributed by atoms with Crippen LogP contribution in [0.25, 0.3) is 10.4 Å². The Balaban J connectivity index is 2.29. The number of hydrogen-bond donors (Lipinski definition) is 4. The van der Waals surface area contributed by atoms with Crippen LogP contribution < -0.4 is 10.6 Å². The number of anilines is 2. The van der Waals surface area contributed by atoms with Gasteiger partial charge in [-0.15, -0.1) is 11.3 Å². The van der Waals surface area contributed by atoms with Crippen LogP contribution in [0.3, 0.4) is 0 Å². The first-order chi connectivity index (χ1) is 12.8. The number of amides is 2. The summed E-state index contributed by atoms with van der Waals surface area (Å²) in [6.45, 7) is 0. The summed E-state index contributed by atoms with van der Waals surface area (Å²) in [6, 6.07) is 4.68. The van der Waals surface area contributed by atoms with Gasteiger partial charge in [-0.25, -0.2) is 9.59 Å². The molecular weight excluding hydrogens is 374 g/mol. The van der Waals surface area contributed by atoms with Gasteiger partial charge in [-0.3, -0.25) is 14.6 Å². The summed E-state index contributed by atoms with van der Waals surface area (Å²) in [6.07, 6.45) is 4.70. The second kappa shape index (κ2) is 9.06. The summed E-state index contributed by atoms with van der Waals surface area (Å²) < 4.78 is 0. The first-order valence-corrected chi connectivity index (χ1v) is 8.20. The molecule has 0 fully saturated rings. The molecule has 2 amide bonds. The van der Waals surface area contributed by atoms with Crippen LogP contribution in [0.15, 0.2) is 54.2 Å². The Morgan fingerprint density at radius 3 is 2.11 bits per heavy atom. The minimum atomic E-state index is -1.26. The molecule has 0 unspecified atom stereocenters. The highest BCUT2D eigenvalue weighted by Gasteiger charge is 2.11. The lowest BCUT2D eigenvalue weighted by Crippen LogP contribution is -2.12. The zero-order valence-electron chi connectivity index (χ0n) is 13.6. The highest BCUT2D eigenvalue weighted by molar-refractivity contribution is 7.13. The lowest BCUT2D eigenvalue weighted by atomic mass is 10.1. The minimum Gasteiger partial charge on any atom is -0.478 e. The van der Waals surface area contributed by atoms with Crippen LogP contribution >= 0.6 is 11.3 Å². The van der Waals surface area contributed by atoms with E-state index in [4.69, 9.17) is 10.2 Å². The van der Waals surface area contributed by atoms with E-state index in [0.29, 0.717) is 29.1 Å². The van der Waals surface area contributed by atoms with Gasteiger partial charge in [0.05, 0.1) is 16.1 Å². The largest absolute Gasteiger partial charge is 0.478 e. The monoisotopic (exact) mass is 387 g/mol. The molecule has 0 saturated heterocycles. The van der Waals surface area contributed by atoms with Crippen molar-refractivity contribution in [1.29, 1.82) is 0 Å². The molecule has 0 aliphatic heterocycles. The van der Waals surface area contributed by atoms with Gasteiger partial charge in [-0.05, 0) is 18.2 Å². The Hall–Kier alpha value is -3.79. The van der Waals surface area contributed by atoms with Gasteiger partial charge in [0, 0.05) is 41.8 Å². The molecule has 10 heteroatoms. The van der Waals surface area contributed by atoms with Crippen LogP contribution in [-0.4, -0.2) is 39.0 Å². The van der Waals surface area contributed by atoms with Crippen molar-refractivity contribution in [2.24, 2.45) is 0 Å². The van der Waals surface area contributed by atoms with Crippen molar-refractivity contribution in [2.75, 3.05) is 10.6 Å². The van der Waals surface area contributed by atoms with E-state index in [-0.39, 0.29) is 0 Å². The first kappa shape index (κ1) is 19.5. The lowest BCUT2D eigenvalue weighted by molar-refractivity contribution is -0.132. The maximum absolute atomic E-state index is 11.9. The van der Waals surface area contributed by atoms with Crippen molar-refractivity contribution >= 4 is 46.5 Å². The average Bonchev–Trinajstić information content (AvgIpc) is 3.13. The Morgan fingerprint density at radius 1 is 0.926 bits per heavy atom. The van der Waals surface area contributed by atoms with Crippen molar-refractivity contribution < 1.29 is 29.4 Å². The molecule has 0 aliphatic rings. The highest BCUT2D eigenvalue weighted by Crippen LogP contribution is 2.33. The van der Waals surface area contributed by atoms with Crippen LogP contribution in [0.4, 0.5) is 11.4 Å². The molecule has 0 radical (unpaired) electrons. The number of carbonyl (C=O) groups excluding carboxylic acids is 2. The summed E-state index contributed by atoms with van der Waals surface area (Å²) in [5.41, 5.74) is 2.85. The molecule has 0 spiro atoms. The van der Waals surface area contributed by atoms with Crippen LogP contribution in [0.2, 0.25) is 0 Å². The third-order valence-electron chi connectivity index (χ3n) is 3.00. The normalized spacial score (nSPS) is 10.8. The van der Waals surface area contributed by atoms with Gasteiger partial charge in [0.2, 0.25) is 11.8 Å². The van der Waals surface area contributed by atoms with Gasteiger partial charge in [-0.2, -0.15) is 0 Å². The van der Waals surface area contributed by atoms with E-state index in [1.807, 2.05) is 0 Å². The molecule has 138 valence electrons. The van der Waals surface area contributed by atoms with E-state index >= 15 is 0 Å². The summed E-state index contributed by atoms with van der Waals surface area (Å²) in [4.78, 5) is 49.3. The molecule has 27 heavy (non-hydrogen) atoms. The van der Waals surface area contributed by atoms with Gasteiger partial charge in [-0.1, -0.05) is 0 Å². The molecule has 0 saturated carbocycles. The highest BCUT2D eigenvalue weighted by atomic mass is 32.1. The van der Waals surface area contributed by atoms with Gasteiger partial charge in [0.1, 0.15) is 0 Å². The molecule has 1 heterocycles. The van der Waals surface area contributed by atoms with Crippen molar-refractivity contribution in [3.8, 4) is 10.4 Å². The second-order valence-corrected chi connectivity index (χ2v) is 5.83. The summed E-state index contributed by atoms with van der Waals surface area (Å²) in [5, 5.41) is 22.1. The number of thiazole rings is 1. The lowest BCUT2D eigenvalue weighted by Gasteiger charge is -2.11. The van der Waals surface area contributed by atoms with Crippen LogP contribution in [-0.2, 0) is 19.2 Å². The Morgan fingerprint density at radius 2 is 1.56 bits per heavy atom. The molecule has 2 aromatic rings. The van der Waals surface area contributed by atoms with Gasteiger partial charge < -0.3 is 20.8 Å². The van der Waals surface area contributed by atoms with Crippen molar-refractivity contribution in [3.63, 3.8) is 0 Å². The molecule has 1 aromatic carbocycles. The standard InChI is InChI=1S/C17H13N3O6S/c21-14(3-5-16(23)24)19-10-1-2-11(13-8-18-9-27-13)12(7-10)20-15(22)4-6-17(25)26/h1-9H,(H,19,21)(H,20,22)(H,23,24)(H,25,26)/b5-3-,6-4+. The summed E-state index contributed by atoms with van der Waals surface area (Å²) >= 11 is 1.33. The summed E-state index contributed by atoms with van der Waals surface area (Å²) in [7, 11) is 0. The van der Waals surface area contributed by atoms with E-state index in [0.717, 1.165) is 17.0 Å². The fourth-order valence-electron chi connectivity index (χ4n) is 1.94. The predicted octanol–water partition coefficient (Wildman–Crippen LogP) is 1.97. The molecule has 4 N–H and O–H groups in total. The Kier molecular flexibility index (Phi) is 6.55. The Labute approximate surface area is 156 Å². The smallest absolute Gasteiger partial charge is 0.328 e. The minimum absolute atomic E-state index is 0.306. The third-order valence-corrected chi connectivity index (χ3v) is 3.80. The van der Waals surface area contributed by atoms with Crippen molar-refractivity contribution in [3.05, 3.63) is 54.2 Å². The number of hydrogen-bond acceptors (Lipinski definition) is 6. The third kappa shape index (κ3) is 6.21. The predicted molar refractivity (Wildman–Crippen MR) is 98.4 cm³/mol. The maximum atomic E-state index is 11.9. The number of nitrogens with one attached hydrogen (secondary N) is 2. The van der Waals surface area contributed by atoms with Gasteiger partial charge >= 0.3 is 11.9 Å². The Bertz CT molecular complexity index is 934. The van der Waals surface area contributed by atoms with E-state index in [9.17, 15) is 19.2 Å². The summed E-state index contributed by atoms with van der Waals surface area (Å²) in [5.74, 6) is -3.86. The average molecular weight is 387 g/mol. The van der Waals surface area contributed by atoms with Crippen LogP contribution in [0, 0.1) is 0 Å². The molecular formula is C17H13N3O6S. The van der Waals surface area contributed by atoms with E-state index in [1.54, 1.807) is 23.8 Å². The fraction of sp³-hybridized carbons (Fsp3) is 0. The number of rotatable bonds is 7. The zero-order valence-corrected chi connectivity index (χ0v) is 14.4. The number of nitrogens with zero attached hydrogens (tertiary/aromatic N) is 1. The molecule has 2 rings (SSSR count). The van der Waals surface area contributed by atoms with E-state index < -0.39 is 23.8 Å². The fourth-order valence-corrected chi connectivity index (χ4v) is 2.60. The number of carbonyl (C=O) groups is 4. The molecule has 9 nitrogen and oxygen atoms in total. The van der Waals surface area contributed by atoms with Crippen molar-refractivity contribution in [1.82, 2.24) is 4.98 Å². The second-order valence-electron chi connectivity index (χ2n) is 4.95. The zero-order chi connectivity index (χ0) is 19.8. The van der Waals surface area contributed by atoms with Crippen LogP contribution in [0.1, 0.15) is 0 Å². The number of aliphatic carboxylic acids is 2. The molecule has 1 aromatic heterocycles. The molecule has 0 bridgehead atoms.